The van der Waals surface area contributed by atoms with E-state index in [2.05, 4.69) is 42.6 Å². The van der Waals surface area contributed by atoms with Gasteiger partial charge in [0.15, 0.2) is 16.6 Å². The van der Waals surface area contributed by atoms with Crippen molar-refractivity contribution < 1.29 is 9.47 Å². The van der Waals surface area contributed by atoms with Crippen LogP contribution in [0.4, 0.5) is 5.69 Å². The third-order valence-corrected chi connectivity index (χ3v) is 6.69. The number of nitrogens with one attached hydrogen (secondary N) is 1. The van der Waals surface area contributed by atoms with Gasteiger partial charge >= 0.3 is 0 Å². The van der Waals surface area contributed by atoms with E-state index in [1.807, 2.05) is 42.6 Å². The molecule has 1 aromatic carbocycles. The second-order valence-electron chi connectivity index (χ2n) is 6.20. The maximum absolute atomic E-state index is 5.72. The highest BCUT2D eigenvalue weighted by Gasteiger charge is 2.41. The van der Waals surface area contributed by atoms with Crippen LogP contribution in [0.25, 0.3) is 0 Å². The first-order valence-electron chi connectivity index (χ1n) is 8.35. The first-order chi connectivity index (χ1) is 13.2. The molecular formula is C19H14BrN3O2S2. The molecule has 0 amide bonds. The fourth-order valence-electron chi connectivity index (χ4n) is 3.44. The number of thiocarbonyl (C=S) groups is 1. The van der Waals surface area contributed by atoms with E-state index in [1.54, 1.807) is 11.3 Å². The maximum atomic E-state index is 5.72. The summed E-state index contributed by atoms with van der Waals surface area (Å²) in [5, 5.41) is 6.21. The summed E-state index contributed by atoms with van der Waals surface area (Å²) in [5.41, 5.74) is 1.92. The molecule has 4 heterocycles. The summed E-state index contributed by atoms with van der Waals surface area (Å²) >= 11 is 11.0. The Morgan fingerprint density at radius 3 is 2.85 bits per heavy atom. The number of thiophene rings is 1. The first-order valence-corrected chi connectivity index (χ1v) is 10.4. The van der Waals surface area contributed by atoms with Crippen molar-refractivity contribution in [1.29, 1.82) is 0 Å². The lowest BCUT2D eigenvalue weighted by atomic mass is 10.0. The first kappa shape index (κ1) is 17.0. The van der Waals surface area contributed by atoms with Crippen molar-refractivity contribution in [3.05, 3.63) is 69.1 Å². The molecule has 2 atom stereocenters. The fourth-order valence-corrected chi connectivity index (χ4v) is 5.36. The van der Waals surface area contributed by atoms with E-state index in [-0.39, 0.29) is 18.9 Å². The van der Waals surface area contributed by atoms with Crippen molar-refractivity contribution in [3.63, 3.8) is 0 Å². The highest BCUT2D eigenvalue weighted by Crippen LogP contribution is 2.46. The Hall–Kier alpha value is -2.16. The number of pyridine rings is 1. The van der Waals surface area contributed by atoms with Gasteiger partial charge in [0.1, 0.15) is 0 Å². The minimum absolute atomic E-state index is 0.0101. The van der Waals surface area contributed by atoms with E-state index in [9.17, 15) is 0 Å². The number of rotatable bonds is 3. The molecule has 5 rings (SSSR count). The average Bonchev–Trinajstić information content (AvgIpc) is 3.39. The van der Waals surface area contributed by atoms with E-state index in [0.29, 0.717) is 5.11 Å². The van der Waals surface area contributed by atoms with Crippen LogP contribution >= 0.6 is 39.5 Å². The molecule has 2 aliphatic heterocycles. The Bertz CT molecular complexity index is 1010. The SMILES string of the molecule is S=C1N[C@H](c2ccccn2)[C@@H](c2cc(Br)cs2)N1c1ccc2c(c1)OCO2. The summed E-state index contributed by atoms with van der Waals surface area (Å²) in [6.45, 7) is 0.249. The largest absolute Gasteiger partial charge is 0.454 e. The number of fused-ring (bicyclic) bond motifs is 1. The van der Waals surface area contributed by atoms with Gasteiger partial charge in [0, 0.05) is 32.7 Å². The Morgan fingerprint density at radius 1 is 1.19 bits per heavy atom. The van der Waals surface area contributed by atoms with Crippen LogP contribution in [0.1, 0.15) is 22.7 Å². The number of hydrogen-bond donors (Lipinski definition) is 1. The van der Waals surface area contributed by atoms with Crippen LogP contribution in [0.2, 0.25) is 0 Å². The molecule has 0 saturated carbocycles. The minimum atomic E-state index is -0.0466. The summed E-state index contributed by atoms with van der Waals surface area (Å²) < 4.78 is 12.1. The highest BCUT2D eigenvalue weighted by atomic mass is 79.9. The standard InChI is InChI=1S/C19H14BrN3O2S2/c20-11-7-16(27-9-11)18-17(13-3-1-2-6-21-13)22-19(26)23(18)12-4-5-14-15(8-12)25-10-24-14/h1-9,17-18H,10H2,(H,22,26)/t17-,18-/m1/s1. The zero-order valence-corrected chi connectivity index (χ0v) is 17.2. The maximum Gasteiger partial charge on any atom is 0.231 e. The summed E-state index contributed by atoms with van der Waals surface area (Å²) in [6, 6.07) is 13.9. The van der Waals surface area contributed by atoms with E-state index < -0.39 is 0 Å². The average molecular weight is 460 g/mol. The monoisotopic (exact) mass is 459 g/mol. The van der Waals surface area contributed by atoms with Crippen LogP contribution in [0.15, 0.2) is 58.5 Å². The van der Waals surface area contributed by atoms with E-state index in [1.165, 1.54) is 4.88 Å². The predicted molar refractivity (Wildman–Crippen MR) is 113 cm³/mol. The van der Waals surface area contributed by atoms with E-state index >= 15 is 0 Å². The fraction of sp³-hybridized carbons (Fsp3) is 0.158. The van der Waals surface area contributed by atoms with Crippen molar-refractivity contribution in [1.82, 2.24) is 10.3 Å². The number of ether oxygens (including phenoxy) is 2. The lowest BCUT2D eigenvalue weighted by Gasteiger charge is -2.27. The van der Waals surface area contributed by atoms with Crippen LogP contribution in [0.3, 0.4) is 0 Å². The summed E-state index contributed by atoms with van der Waals surface area (Å²) in [4.78, 5) is 7.89. The Labute approximate surface area is 174 Å². The molecule has 0 aliphatic carbocycles. The summed E-state index contributed by atoms with van der Waals surface area (Å²) in [5.74, 6) is 1.50. The molecule has 5 nitrogen and oxygen atoms in total. The zero-order valence-electron chi connectivity index (χ0n) is 14.0. The van der Waals surface area contributed by atoms with Gasteiger partial charge in [-0.15, -0.1) is 11.3 Å². The minimum Gasteiger partial charge on any atom is -0.454 e. The molecule has 2 aliphatic rings. The molecule has 3 aromatic rings. The topological polar surface area (TPSA) is 46.6 Å². The Kier molecular flexibility index (Phi) is 4.26. The highest BCUT2D eigenvalue weighted by molar-refractivity contribution is 9.10. The zero-order chi connectivity index (χ0) is 18.4. The molecule has 136 valence electrons. The molecule has 0 unspecified atom stereocenters. The molecule has 0 spiro atoms. The van der Waals surface area contributed by atoms with Crippen LogP contribution in [0.5, 0.6) is 11.5 Å². The molecule has 0 radical (unpaired) electrons. The van der Waals surface area contributed by atoms with Crippen molar-refractivity contribution in [2.75, 3.05) is 11.7 Å². The number of hydrogen-bond acceptors (Lipinski definition) is 5. The molecule has 1 saturated heterocycles. The molecule has 1 N–H and O–H groups in total. The smallest absolute Gasteiger partial charge is 0.231 e. The predicted octanol–water partition coefficient (Wildman–Crippen LogP) is 4.81. The number of aromatic nitrogens is 1. The quantitative estimate of drug-likeness (QED) is 0.566. The number of nitrogens with zero attached hydrogens (tertiary/aromatic N) is 2. The van der Waals surface area contributed by atoms with Gasteiger partial charge in [-0.3, -0.25) is 4.98 Å². The summed E-state index contributed by atoms with van der Waals surface area (Å²) in [6.07, 6.45) is 1.81. The van der Waals surface area contributed by atoms with Gasteiger partial charge in [-0.1, -0.05) is 6.07 Å². The number of anilines is 1. The van der Waals surface area contributed by atoms with Crippen molar-refractivity contribution in [2.45, 2.75) is 12.1 Å². The number of halogens is 1. The van der Waals surface area contributed by atoms with Crippen LogP contribution in [-0.2, 0) is 0 Å². The van der Waals surface area contributed by atoms with E-state index in [0.717, 1.165) is 27.4 Å². The normalized spacial score (nSPS) is 20.8. The Balaban J connectivity index is 1.61. The van der Waals surface area contributed by atoms with E-state index in [4.69, 9.17) is 21.7 Å². The van der Waals surface area contributed by atoms with Gasteiger partial charge in [-0.2, -0.15) is 0 Å². The van der Waals surface area contributed by atoms with Crippen LogP contribution in [0, 0.1) is 0 Å². The second-order valence-corrected chi connectivity index (χ2v) is 8.45. The van der Waals surface area contributed by atoms with Gasteiger partial charge < -0.3 is 19.7 Å². The number of benzene rings is 1. The molecule has 8 heteroatoms. The molecule has 27 heavy (non-hydrogen) atoms. The molecule has 0 bridgehead atoms. The van der Waals surface area contributed by atoms with Crippen molar-refractivity contribution in [3.8, 4) is 11.5 Å². The van der Waals surface area contributed by atoms with Gasteiger partial charge in [0.05, 0.1) is 17.8 Å². The van der Waals surface area contributed by atoms with Crippen LogP contribution in [-0.4, -0.2) is 16.9 Å². The van der Waals surface area contributed by atoms with Gasteiger partial charge in [0.2, 0.25) is 6.79 Å². The lowest BCUT2D eigenvalue weighted by Crippen LogP contribution is -2.29. The third kappa shape index (κ3) is 2.97. The lowest BCUT2D eigenvalue weighted by molar-refractivity contribution is 0.174. The molecular weight excluding hydrogens is 446 g/mol. The van der Waals surface area contributed by atoms with Gasteiger partial charge in [0.25, 0.3) is 0 Å². The van der Waals surface area contributed by atoms with Crippen molar-refractivity contribution in [2.24, 2.45) is 0 Å². The van der Waals surface area contributed by atoms with Gasteiger partial charge in [-0.05, 0) is 58.5 Å². The third-order valence-electron chi connectivity index (χ3n) is 4.61. The Morgan fingerprint density at radius 2 is 2.07 bits per heavy atom. The molecule has 1 fully saturated rings. The van der Waals surface area contributed by atoms with Crippen LogP contribution < -0.4 is 19.7 Å². The second kappa shape index (κ2) is 6.78. The van der Waals surface area contributed by atoms with Gasteiger partial charge in [-0.25, -0.2) is 0 Å². The summed E-state index contributed by atoms with van der Waals surface area (Å²) in [7, 11) is 0. The molecule has 2 aromatic heterocycles. The van der Waals surface area contributed by atoms with Crippen molar-refractivity contribution >= 4 is 50.3 Å².